The van der Waals surface area contributed by atoms with Crippen molar-refractivity contribution in [2.45, 2.75) is 26.4 Å². The first-order chi connectivity index (χ1) is 7.81. The number of carbonyl (C=O) groups excluding carboxylic acids is 1. The van der Waals surface area contributed by atoms with Crippen LogP contribution < -0.4 is 10.1 Å². The molecule has 1 heterocycles. The van der Waals surface area contributed by atoms with Crippen LogP contribution in [0.25, 0.3) is 0 Å². The molecule has 0 aliphatic carbocycles. The van der Waals surface area contributed by atoms with Crippen LogP contribution in [0.4, 0.5) is 10.5 Å². The number of nitrogens with one attached hydrogen (secondary N) is 1. The summed E-state index contributed by atoms with van der Waals surface area (Å²) in [6.45, 7) is 5.34. The van der Waals surface area contributed by atoms with Crippen molar-refractivity contribution in [3.05, 3.63) is 17.4 Å². The quantitative estimate of drug-likeness (QED) is 0.828. The third-order valence-electron chi connectivity index (χ3n) is 1.69. The van der Waals surface area contributed by atoms with Crippen LogP contribution in [0.15, 0.2) is 12.3 Å². The number of rotatable bonds is 2. The molecule has 1 rings (SSSR count). The van der Waals surface area contributed by atoms with E-state index in [9.17, 15) is 4.79 Å². The van der Waals surface area contributed by atoms with Gasteiger partial charge in [-0.2, -0.15) is 0 Å². The monoisotopic (exact) mass is 258 g/mol. The Morgan fingerprint density at radius 3 is 2.65 bits per heavy atom. The molecule has 5 nitrogen and oxygen atoms in total. The van der Waals surface area contributed by atoms with Crippen molar-refractivity contribution in [2.75, 3.05) is 12.4 Å². The van der Waals surface area contributed by atoms with Crippen LogP contribution in [0.5, 0.6) is 5.75 Å². The van der Waals surface area contributed by atoms with Crippen molar-refractivity contribution < 1.29 is 14.3 Å². The van der Waals surface area contributed by atoms with Gasteiger partial charge in [0.05, 0.1) is 19.0 Å². The molecule has 0 unspecified atom stereocenters. The molecule has 17 heavy (non-hydrogen) atoms. The van der Waals surface area contributed by atoms with Crippen LogP contribution in [0, 0.1) is 0 Å². The van der Waals surface area contributed by atoms with E-state index in [-0.39, 0.29) is 5.15 Å². The van der Waals surface area contributed by atoms with E-state index >= 15 is 0 Å². The van der Waals surface area contributed by atoms with E-state index in [2.05, 4.69) is 10.3 Å². The minimum atomic E-state index is -0.571. The van der Waals surface area contributed by atoms with Crippen LogP contribution in [-0.4, -0.2) is 23.8 Å². The second kappa shape index (κ2) is 5.23. The number of halogens is 1. The summed E-state index contributed by atoms with van der Waals surface area (Å²) in [5.41, 5.74) is -0.143. The maximum atomic E-state index is 11.6. The molecule has 1 amide bonds. The lowest BCUT2D eigenvalue weighted by Crippen LogP contribution is -2.27. The molecule has 1 aromatic rings. The van der Waals surface area contributed by atoms with Gasteiger partial charge in [-0.25, -0.2) is 9.78 Å². The number of pyridine rings is 1. The molecule has 0 bridgehead atoms. The van der Waals surface area contributed by atoms with Gasteiger partial charge in [-0.05, 0) is 20.8 Å². The molecule has 0 spiro atoms. The standard InChI is InChI=1S/C11H15ClN2O3/c1-11(2,3)17-10(15)14-7-5-9(12)13-6-8(7)16-4/h5-6H,1-4H3,(H,13,14,15). The van der Waals surface area contributed by atoms with Crippen molar-refractivity contribution in [3.63, 3.8) is 0 Å². The summed E-state index contributed by atoms with van der Waals surface area (Å²) in [4.78, 5) is 15.4. The number of carbonyl (C=O) groups is 1. The molecule has 0 aliphatic heterocycles. The molecule has 1 N–H and O–H groups in total. The predicted molar refractivity (Wildman–Crippen MR) is 65.7 cm³/mol. The number of hydrogen-bond acceptors (Lipinski definition) is 4. The Bertz CT molecular complexity index is 416. The van der Waals surface area contributed by atoms with Gasteiger partial charge in [-0.15, -0.1) is 0 Å². The second-order valence-electron chi connectivity index (χ2n) is 4.33. The number of ether oxygens (including phenoxy) is 2. The Labute approximate surface area is 105 Å². The number of aromatic nitrogens is 1. The average Bonchev–Trinajstić information content (AvgIpc) is 2.14. The summed E-state index contributed by atoms with van der Waals surface area (Å²) in [6, 6.07) is 1.49. The van der Waals surface area contributed by atoms with Gasteiger partial charge in [-0.1, -0.05) is 11.6 Å². The van der Waals surface area contributed by atoms with E-state index in [1.54, 1.807) is 20.8 Å². The molecule has 0 saturated heterocycles. The summed E-state index contributed by atoms with van der Waals surface area (Å²) < 4.78 is 10.2. The molecule has 94 valence electrons. The van der Waals surface area contributed by atoms with Gasteiger partial charge in [0, 0.05) is 6.07 Å². The van der Waals surface area contributed by atoms with Gasteiger partial charge >= 0.3 is 6.09 Å². The van der Waals surface area contributed by atoms with Gasteiger partial charge in [0.25, 0.3) is 0 Å². The maximum Gasteiger partial charge on any atom is 0.412 e. The number of nitrogens with zero attached hydrogens (tertiary/aromatic N) is 1. The van der Waals surface area contributed by atoms with Gasteiger partial charge in [-0.3, -0.25) is 5.32 Å². The van der Waals surface area contributed by atoms with Crippen molar-refractivity contribution in [1.82, 2.24) is 4.98 Å². The zero-order valence-corrected chi connectivity index (χ0v) is 11.0. The number of methoxy groups -OCH3 is 1. The second-order valence-corrected chi connectivity index (χ2v) is 4.72. The Morgan fingerprint density at radius 2 is 2.12 bits per heavy atom. The number of anilines is 1. The predicted octanol–water partition coefficient (Wildman–Crippen LogP) is 3.09. The van der Waals surface area contributed by atoms with E-state index in [1.165, 1.54) is 19.4 Å². The SMILES string of the molecule is COc1cnc(Cl)cc1NC(=O)OC(C)(C)C. The molecule has 0 atom stereocenters. The smallest absolute Gasteiger partial charge is 0.412 e. The van der Waals surface area contributed by atoms with Crippen LogP contribution in [0.2, 0.25) is 5.15 Å². The summed E-state index contributed by atoms with van der Waals surface area (Å²) >= 11 is 5.73. The Hall–Kier alpha value is -1.49. The lowest BCUT2D eigenvalue weighted by molar-refractivity contribution is 0.0635. The zero-order chi connectivity index (χ0) is 13.1. The van der Waals surface area contributed by atoms with E-state index in [0.29, 0.717) is 11.4 Å². The highest BCUT2D eigenvalue weighted by Gasteiger charge is 2.17. The first-order valence-corrected chi connectivity index (χ1v) is 5.39. The van der Waals surface area contributed by atoms with Crippen LogP contribution in [0.3, 0.4) is 0 Å². The van der Waals surface area contributed by atoms with E-state index < -0.39 is 11.7 Å². The van der Waals surface area contributed by atoms with Gasteiger partial charge < -0.3 is 9.47 Å². The maximum absolute atomic E-state index is 11.6. The third-order valence-corrected chi connectivity index (χ3v) is 1.90. The highest BCUT2D eigenvalue weighted by Crippen LogP contribution is 2.26. The molecule has 0 saturated carbocycles. The molecule has 1 aromatic heterocycles. The molecular weight excluding hydrogens is 244 g/mol. The molecule has 0 aromatic carbocycles. The normalized spacial score (nSPS) is 10.9. The number of amides is 1. The van der Waals surface area contributed by atoms with E-state index in [4.69, 9.17) is 21.1 Å². The number of hydrogen-bond donors (Lipinski definition) is 1. The summed E-state index contributed by atoms with van der Waals surface area (Å²) in [5, 5.41) is 2.81. The molecule has 0 radical (unpaired) electrons. The first kappa shape index (κ1) is 13.6. The van der Waals surface area contributed by atoms with Crippen molar-refractivity contribution in [3.8, 4) is 5.75 Å². The lowest BCUT2D eigenvalue weighted by Gasteiger charge is -2.20. The summed E-state index contributed by atoms with van der Waals surface area (Å²) in [6.07, 6.45) is 0.854. The minimum absolute atomic E-state index is 0.261. The average molecular weight is 259 g/mol. The van der Waals surface area contributed by atoms with Crippen LogP contribution in [-0.2, 0) is 4.74 Å². The molecule has 0 fully saturated rings. The van der Waals surface area contributed by atoms with Crippen molar-refractivity contribution >= 4 is 23.4 Å². The Kier molecular flexibility index (Phi) is 4.17. The first-order valence-electron chi connectivity index (χ1n) is 5.01. The van der Waals surface area contributed by atoms with E-state index in [0.717, 1.165) is 0 Å². The minimum Gasteiger partial charge on any atom is -0.493 e. The summed E-state index contributed by atoms with van der Waals surface area (Å²) in [7, 11) is 1.48. The fourth-order valence-electron chi connectivity index (χ4n) is 1.09. The van der Waals surface area contributed by atoms with Gasteiger partial charge in [0.1, 0.15) is 10.8 Å². The van der Waals surface area contributed by atoms with Crippen molar-refractivity contribution in [1.29, 1.82) is 0 Å². The van der Waals surface area contributed by atoms with E-state index in [1.807, 2.05) is 0 Å². The molecule has 0 aliphatic rings. The highest BCUT2D eigenvalue weighted by molar-refractivity contribution is 6.29. The largest absolute Gasteiger partial charge is 0.493 e. The summed E-state index contributed by atoms with van der Waals surface area (Å²) in [5.74, 6) is 0.417. The van der Waals surface area contributed by atoms with Crippen LogP contribution >= 0.6 is 11.6 Å². The molecule has 6 heteroatoms. The fourth-order valence-corrected chi connectivity index (χ4v) is 1.25. The Morgan fingerprint density at radius 1 is 1.47 bits per heavy atom. The topological polar surface area (TPSA) is 60.5 Å². The zero-order valence-electron chi connectivity index (χ0n) is 10.2. The van der Waals surface area contributed by atoms with Gasteiger partial charge in [0.2, 0.25) is 0 Å². The third kappa shape index (κ3) is 4.48. The Balaban J connectivity index is 2.80. The lowest BCUT2D eigenvalue weighted by atomic mass is 10.2. The molecular formula is C11H15ClN2O3. The highest BCUT2D eigenvalue weighted by atomic mass is 35.5. The van der Waals surface area contributed by atoms with Crippen molar-refractivity contribution in [2.24, 2.45) is 0 Å². The van der Waals surface area contributed by atoms with Gasteiger partial charge in [0.15, 0.2) is 5.75 Å². The fraction of sp³-hybridized carbons (Fsp3) is 0.455. The van der Waals surface area contributed by atoms with Crippen LogP contribution in [0.1, 0.15) is 20.8 Å².